The van der Waals surface area contributed by atoms with Crippen LogP contribution in [0.1, 0.15) is 18.9 Å². The van der Waals surface area contributed by atoms with E-state index in [-0.39, 0.29) is 0 Å². The third kappa shape index (κ3) is 3.50. The Morgan fingerprint density at radius 1 is 1.25 bits per heavy atom. The van der Waals surface area contributed by atoms with Crippen molar-refractivity contribution >= 4 is 11.8 Å². The minimum absolute atomic E-state index is 0.946. The van der Waals surface area contributed by atoms with Gasteiger partial charge < -0.3 is 0 Å². The van der Waals surface area contributed by atoms with Gasteiger partial charge in [0.25, 0.3) is 0 Å². The van der Waals surface area contributed by atoms with Crippen molar-refractivity contribution in [1.29, 1.82) is 0 Å². The van der Waals surface area contributed by atoms with Gasteiger partial charge in [0.2, 0.25) is 0 Å². The maximum absolute atomic E-state index is 3.05. The average molecular weight is 176 g/mol. The van der Waals surface area contributed by atoms with Crippen molar-refractivity contribution < 1.29 is 0 Å². The van der Waals surface area contributed by atoms with Gasteiger partial charge in [0.1, 0.15) is 0 Å². The molecule has 1 aromatic rings. The highest BCUT2D eigenvalue weighted by molar-refractivity contribution is 8.03. The molecule has 0 fully saturated rings. The van der Waals surface area contributed by atoms with Crippen molar-refractivity contribution in [3.8, 4) is 11.2 Å². The smallest absolute Gasteiger partial charge is 0.0308 e. The normalized spacial score (nSPS) is 8.75. The van der Waals surface area contributed by atoms with E-state index in [1.165, 1.54) is 5.56 Å². The van der Waals surface area contributed by atoms with Crippen LogP contribution >= 0.6 is 11.8 Å². The number of thioether (sulfide) groups is 1. The first kappa shape index (κ1) is 9.22. The van der Waals surface area contributed by atoms with E-state index in [1.54, 1.807) is 11.8 Å². The lowest BCUT2D eigenvalue weighted by Crippen LogP contribution is -1.75. The monoisotopic (exact) mass is 176 g/mol. The minimum atomic E-state index is 0.946. The Labute approximate surface area is 78.4 Å². The summed E-state index contributed by atoms with van der Waals surface area (Å²) >= 11 is 1.67. The van der Waals surface area contributed by atoms with Gasteiger partial charge in [-0.3, -0.25) is 0 Å². The second-order valence-electron chi connectivity index (χ2n) is 2.41. The van der Waals surface area contributed by atoms with Crippen LogP contribution in [0.5, 0.6) is 0 Å². The molecule has 0 nitrogen and oxygen atoms in total. The molecule has 0 aliphatic heterocycles. The van der Waals surface area contributed by atoms with E-state index in [0.29, 0.717) is 0 Å². The molecule has 0 bridgehead atoms. The largest absolute Gasteiger partial charge is 0.0915 e. The molecule has 1 rings (SSSR count). The van der Waals surface area contributed by atoms with Gasteiger partial charge in [0.05, 0.1) is 0 Å². The quantitative estimate of drug-likeness (QED) is 0.623. The van der Waals surface area contributed by atoms with Crippen LogP contribution < -0.4 is 0 Å². The molecule has 0 N–H and O–H groups in total. The molecule has 1 aromatic carbocycles. The predicted molar refractivity (Wildman–Crippen MR) is 55.8 cm³/mol. The second kappa shape index (κ2) is 5.74. The lowest BCUT2D eigenvalue weighted by molar-refractivity contribution is 1.28. The molecule has 0 heterocycles. The molecule has 0 amide bonds. The highest BCUT2D eigenvalue weighted by atomic mass is 32.2. The summed E-state index contributed by atoms with van der Waals surface area (Å²) in [6, 6.07) is 10.4. The van der Waals surface area contributed by atoms with Gasteiger partial charge >= 0.3 is 0 Å². The van der Waals surface area contributed by atoms with Crippen molar-refractivity contribution in [3.05, 3.63) is 35.9 Å². The number of rotatable bonds is 2. The Morgan fingerprint density at radius 3 is 2.67 bits per heavy atom. The van der Waals surface area contributed by atoms with Crippen molar-refractivity contribution in [2.75, 3.05) is 0 Å². The zero-order valence-electron chi connectivity index (χ0n) is 7.21. The summed E-state index contributed by atoms with van der Waals surface area (Å²) in [6.45, 7) is 2.07. The summed E-state index contributed by atoms with van der Waals surface area (Å²) in [6.07, 6.45) is 0.946. The van der Waals surface area contributed by atoms with Gasteiger partial charge in [-0.05, 0) is 10.8 Å². The van der Waals surface area contributed by atoms with Crippen molar-refractivity contribution in [1.82, 2.24) is 0 Å². The zero-order chi connectivity index (χ0) is 8.65. The van der Waals surface area contributed by atoms with Crippen molar-refractivity contribution in [2.45, 2.75) is 19.1 Å². The van der Waals surface area contributed by atoms with E-state index in [2.05, 4.69) is 42.4 Å². The predicted octanol–water partition coefficient (Wildman–Crippen LogP) is 3.29. The SMILES string of the molecule is CCC#CSCc1ccccc1. The Hall–Kier alpha value is -0.870. The molecule has 0 aliphatic rings. The van der Waals surface area contributed by atoms with Crippen LogP contribution in [0.3, 0.4) is 0 Å². The molecule has 12 heavy (non-hydrogen) atoms. The van der Waals surface area contributed by atoms with Gasteiger partial charge in [0.15, 0.2) is 0 Å². The van der Waals surface area contributed by atoms with Crippen LogP contribution in [0.15, 0.2) is 30.3 Å². The molecule has 0 unspecified atom stereocenters. The summed E-state index contributed by atoms with van der Waals surface area (Å²) in [5.74, 6) is 4.03. The van der Waals surface area contributed by atoms with Gasteiger partial charge in [0, 0.05) is 12.2 Å². The van der Waals surface area contributed by atoms with Crippen LogP contribution in [0.2, 0.25) is 0 Å². The van der Waals surface area contributed by atoms with Crippen LogP contribution in [0, 0.1) is 11.2 Å². The van der Waals surface area contributed by atoms with Crippen LogP contribution in [0.4, 0.5) is 0 Å². The summed E-state index contributed by atoms with van der Waals surface area (Å²) in [4.78, 5) is 0. The third-order valence-electron chi connectivity index (χ3n) is 1.40. The fourth-order valence-corrected chi connectivity index (χ4v) is 1.49. The molecule has 0 saturated heterocycles. The van der Waals surface area contributed by atoms with E-state index < -0.39 is 0 Å². The first-order chi connectivity index (χ1) is 5.93. The highest BCUT2D eigenvalue weighted by Crippen LogP contribution is 2.09. The van der Waals surface area contributed by atoms with E-state index in [0.717, 1.165) is 12.2 Å². The third-order valence-corrected chi connectivity index (χ3v) is 2.17. The summed E-state index contributed by atoms with van der Waals surface area (Å²) in [5, 5.41) is 3.05. The summed E-state index contributed by atoms with van der Waals surface area (Å²) in [7, 11) is 0. The molecular weight excluding hydrogens is 164 g/mol. The standard InChI is InChI=1S/C11H12S/c1-2-3-9-12-10-11-7-5-4-6-8-11/h4-8H,2,10H2,1H3. The van der Waals surface area contributed by atoms with E-state index in [1.807, 2.05) is 6.07 Å². The van der Waals surface area contributed by atoms with Crippen molar-refractivity contribution in [2.24, 2.45) is 0 Å². The Balaban J connectivity index is 2.34. The topological polar surface area (TPSA) is 0 Å². The summed E-state index contributed by atoms with van der Waals surface area (Å²) in [5.41, 5.74) is 1.34. The molecule has 62 valence electrons. The molecule has 1 heteroatoms. The molecule has 0 atom stereocenters. The average Bonchev–Trinajstić information content (AvgIpc) is 2.14. The molecule has 0 spiro atoms. The molecule has 0 saturated carbocycles. The molecule has 0 radical (unpaired) electrons. The molecule has 0 aromatic heterocycles. The van der Waals surface area contributed by atoms with Gasteiger partial charge in [-0.15, -0.1) is 0 Å². The minimum Gasteiger partial charge on any atom is -0.0915 e. The fraction of sp³-hybridized carbons (Fsp3) is 0.273. The van der Waals surface area contributed by atoms with Gasteiger partial charge in [-0.2, -0.15) is 0 Å². The van der Waals surface area contributed by atoms with Crippen molar-refractivity contribution in [3.63, 3.8) is 0 Å². The first-order valence-corrected chi connectivity index (χ1v) is 5.05. The Kier molecular flexibility index (Phi) is 4.41. The number of benzene rings is 1. The Bertz CT molecular complexity index is 266. The Morgan fingerprint density at radius 2 is 2.00 bits per heavy atom. The van der Waals surface area contributed by atoms with Crippen LogP contribution in [0.25, 0.3) is 0 Å². The maximum atomic E-state index is 3.05. The first-order valence-electron chi connectivity index (χ1n) is 4.07. The summed E-state index contributed by atoms with van der Waals surface area (Å²) < 4.78 is 0. The zero-order valence-corrected chi connectivity index (χ0v) is 8.03. The second-order valence-corrected chi connectivity index (χ2v) is 3.19. The fourth-order valence-electron chi connectivity index (χ4n) is 0.817. The van der Waals surface area contributed by atoms with E-state index in [4.69, 9.17) is 0 Å². The van der Waals surface area contributed by atoms with E-state index >= 15 is 0 Å². The van der Waals surface area contributed by atoms with Gasteiger partial charge in [-0.25, -0.2) is 0 Å². The lowest BCUT2D eigenvalue weighted by Gasteiger charge is -1.93. The molecular formula is C11H12S. The van der Waals surface area contributed by atoms with E-state index in [9.17, 15) is 0 Å². The lowest BCUT2D eigenvalue weighted by atomic mass is 10.2. The van der Waals surface area contributed by atoms with Gasteiger partial charge in [-0.1, -0.05) is 54.9 Å². The van der Waals surface area contributed by atoms with Crippen LogP contribution in [-0.2, 0) is 5.75 Å². The molecule has 0 aliphatic carbocycles. The number of hydrogen-bond acceptors (Lipinski definition) is 1. The maximum Gasteiger partial charge on any atom is 0.0308 e. The highest BCUT2D eigenvalue weighted by Gasteiger charge is 1.87. The number of hydrogen-bond donors (Lipinski definition) is 0. The van der Waals surface area contributed by atoms with Crippen LogP contribution in [-0.4, -0.2) is 0 Å².